The first kappa shape index (κ1) is 12.9. The summed E-state index contributed by atoms with van der Waals surface area (Å²) < 4.78 is 0. The lowest BCUT2D eigenvalue weighted by Gasteiger charge is -2.39. The van der Waals surface area contributed by atoms with Gasteiger partial charge in [0.1, 0.15) is 0 Å². The molecule has 0 bridgehead atoms. The van der Waals surface area contributed by atoms with Gasteiger partial charge in [-0.3, -0.25) is 4.98 Å². The van der Waals surface area contributed by atoms with Crippen LogP contribution in [0.25, 0.3) is 0 Å². The minimum atomic E-state index is 0.328. The van der Waals surface area contributed by atoms with Gasteiger partial charge in [-0.15, -0.1) is 0 Å². The minimum Gasteiger partial charge on any atom is -0.367 e. The molecule has 1 aromatic rings. The van der Waals surface area contributed by atoms with Crippen LogP contribution in [0.2, 0.25) is 0 Å². The molecular weight excluding hydrogens is 234 g/mol. The van der Waals surface area contributed by atoms with Crippen molar-refractivity contribution in [3.63, 3.8) is 0 Å². The van der Waals surface area contributed by atoms with Crippen molar-refractivity contribution in [2.75, 3.05) is 18.5 Å². The minimum absolute atomic E-state index is 0.328. The molecule has 3 rings (SSSR count). The number of fused-ring (bicyclic) bond motifs is 1. The molecule has 2 aliphatic rings. The van der Waals surface area contributed by atoms with Crippen LogP contribution in [0.5, 0.6) is 0 Å². The van der Waals surface area contributed by atoms with Gasteiger partial charge in [0.25, 0.3) is 0 Å². The molecule has 3 atom stereocenters. The molecule has 1 aliphatic carbocycles. The molecule has 0 spiro atoms. The van der Waals surface area contributed by atoms with Gasteiger partial charge < -0.3 is 10.2 Å². The zero-order chi connectivity index (χ0) is 13.2. The van der Waals surface area contributed by atoms with Crippen LogP contribution in [0.3, 0.4) is 0 Å². The van der Waals surface area contributed by atoms with E-state index in [4.69, 9.17) is 0 Å². The number of rotatable bonds is 3. The van der Waals surface area contributed by atoms with E-state index in [1.54, 1.807) is 0 Å². The molecular formula is C16H25N3. The smallest absolute Gasteiger partial charge is 0.0571 e. The topological polar surface area (TPSA) is 28.2 Å². The van der Waals surface area contributed by atoms with Crippen LogP contribution in [0.15, 0.2) is 18.3 Å². The van der Waals surface area contributed by atoms with Crippen molar-refractivity contribution in [3.8, 4) is 0 Å². The van der Waals surface area contributed by atoms with Gasteiger partial charge in [-0.1, -0.05) is 6.42 Å². The van der Waals surface area contributed by atoms with Crippen LogP contribution < -0.4 is 10.2 Å². The second-order valence-corrected chi connectivity index (χ2v) is 6.05. The van der Waals surface area contributed by atoms with E-state index in [1.807, 2.05) is 7.05 Å². The number of anilines is 1. The highest BCUT2D eigenvalue weighted by Gasteiger charge is 2.35. The molecule has 2 fully saturated rings. The fourth-order valence-corrected chi connectivity index (χ4v) is 3.75. The molecule has 0 aromatic carbocycles. The van der Waals surface area contributed by atoms with E-state index in [0.717, 1.165) is 17.7 Å². The van der Waals surface area contributed by atoms with E-state index in [2.05, 4.69) is 40.5 Å². The van der Waals surface area contributed by atoms with E-state index in [-0.39, 0.29) is 0 Å². The Balaban J connectivity index is 1.77. The van der Waals surface area contributed by atoms with Crippen LogP contribution in [-0.2, 0) is 0 Å². The Hall–Kier alpha value is -1.09. The summed E-state index contributed by atoms with van der Waals surface area (Å²) in [4.78, 5) is 7.25. The standard InChI is InChI=1S/C16H25N3/c1-12(17-2)15-9-8-14(11-18-15)19-10-4-6-13-5-3-7-16(13)19/h8-9,11-13,16-17H,3-7,10H2,1-2H3. The number of piperidine rings is 1. The molecule has 2 heterocycles. The third-order valence-electron chi connectivity index (χ3n) is 4.97. The van der Waals surface area contributed by atoms with E-state index in [9.17, 15) is 0 Å². The summed E-state index contributed by atoms with van der Waals surface area (Å²) in [5.41, 5.74) is 2.45. The first-order valence-electron chi connectivity index (χ1n) is 7.69. The highest BCUT2D eigenvalue weighted by atomic mass is 15.2. The zero-order valence-corrected chi connectivity index (χ0v) is 12.1. The SMILES string of the molecule is CNC(C)c1ccc(N2CCCC3CCCC32)cn1. The quantitative estimate of drug-likeness (QED) is 0.904. The molecule has 1 saturated carbocycles. The first-order chi connectivity index (χ1) is 9.29. The molecule has 1 saturated heterocycles. The van der Waals surface area contributed by atoms with Crippen LogP contribution in [0.1, 0.15) is 50.8 Å². The summed E-state index contributed by atoms with van der Waals surface area (Å²) in [5, 5.41) is 3.24. The zero-order valence-electron chi connectivity index (χ0n) is 12.1. The third-order valence-corrected chi connectivity index (χ3v) is 4.97. The van der Waals surface area contributed by atoms with Crippen molar-refractivity contribution in [1.29, 1.82) is 0 Å². The van der Waals surface area contributed by atoms with E-state index >= 15 is 0 Å². The lowest BCUT2D eigenvalue weighted by molar-refractivity contribution is 0.362. The molecule has 104 valence electrons. The summed E-state index contributed by atoms with van der Waals surface area (Å²) in [6, 6.07) is 5.55. The Kier molecular flexibility index (Phi) is 3.74. The monoisotopic (exact) mass is 259 g/mol. The number of aromatic nitrogens is 1. The van der Waals surface area contributed by atoms with Crippen molar-refractivity contribution < 1.29 is 0 Å². The molecule has 0 radical (unpaired) electrons. The molecule has 1 aromatic heterocycles. The third kappa shape index (κ3) is 2.48. The van der Waals surface area contributed by atoms with Gasteiger partial charge in [-0.25, -0.2) is 0 Å². The predicted octanol–water partition coefficient (Wildman–Crippen LogP) is 3.13. The van der Waals surface area contributed by atoms with Crippen molar-refractivity contribution in [2.45, 2.75) is 51.1 Å². The largest absolute Gasteiger partial charge is 0.367 e. The first-order valence-corrected chi connectivity index (χ1v) is 7.69. The molecule has 1 aliphatic heterocycles. The van der Waals surface area contributed by atoms with Gasteiger partial charge in [0, 0.05) is 18.6 Å². The van der Waals surface area contributed by atoms with Crippen LogP contribution in [0, 0.1) is 5.92 Å². The molecule has 1 N–H and O–H groups in total. The Morgan fingerprint density at radius 3 is 2.84 bits per heavy atom. The maximum Gasteiger partial charge on any atom is 0.0571 e. The van der Waals surface area contributed by atoms with Crippen molar-refractivity contribution in [1.82, 2.24) is 10.3 Å². The maximum atomic E-state index is 4.63. The molecule has 0 amide bonds. The van der Waals surface area contributed by atoms with Crippen LogP contribution in [-0.4, -0.2) is 24.6 Å². The van der Waals surface area contributed by atoms with E-state index < -0.39 is 0 Å². The summed E-state index contributed by atoms with van der Waals surface area (Å²) >= 11 is 0. The molecule has 19 heavy (non-hydrogen) atoms. The summed E-state index contributed by atoms with van der Waals surface area (Å²) in [5.74, 6) is 0.935. The van der Waals surface area contributed by atoms with Gasteiger partial charge in [-0.05, 0) is 57.7 Å². The van der Waals surface area contributed by atoms with Gasteiger partial charge in [-0.2, -0.15) is 0 Å². The highest BCUT2D eigenvalue weighted by molar-refractivity contribution is 5.47. The summed E-state index contributed by atoms with van der Waals surface area (Å²) in [7, 11) is 1.98. The molecule has 3 unspecified atom stereocenters. The number of hydrogen-bond donors (Lipinski definition) is 1. The maximum absolute atomic E-state index is 4.63. The highest BCUT2D eigenvalue weighted by Crippen LogP contribution is 2.38. The Morgan fingerprint density at radius 2 is 2.11 bits per heavy atom. The average molecular weight is 259 g/mol. The van der Waals surface area contributed by atoms with Gasteiger partial charge in [0.05, 0.1) is 17.6 Å². The summed E-state index contributed by atoms with van der Waals surface area (Å²) in [6.45, 7) is 3.36. The molecule has 3 heteroatoms. The second kappa shape index (κ2) is 5.49. The Bertz CT molecular complexity index is 415. The number of hydrogen-bond acceptors (Lipinski definition) is 3. The van der Waals surface area contributed by atoms with Gasteiger partial charge >= 0.3 is 0 Å². The lowest BCUT2D eigenvalue weighted by Crippen LogP contribution is -2.42. The van der Waals surface area contributed by atoms with E-state index in [0.29, 0.717) is 6.04 Å². The fraction of sp³-hybridized carbons (Fsp3) is 0.688. The van der Waals surface area contributed by atoms with Crippen molar-refractivity contribution in [3.05, 3.63) is 24.0 Å². The normalized spacial score (nSPS) is 28.2. The second-order valence-electron chi connectivity index (χ2n) is 6.05. The van der Waals surface area contributed by atoms with Crippen molar-refractivity contribution >= 4 is 5.69 Å². The summed E-state index contributed by atoms with van der Waals surface area (Å²) in [6.07, 6.45) is 9.07. The van der Waals surface area contributed by atoms with E-state index in [1.165, 1.54) is 44.3 Å². The van der Waals surface area contributed by atoms with Crippen LogP contribution in [0.4, 0.5) is 5.69 Å². The Morgan fingerprint density at radius 1 is 1.26 bits per heavy atom. The number of pyridine rings is 1. The van der Waals surface area contributed by atoms with Gasteiger partial charge in [0.2, 0.25) is 0 Å². The molecule has 3 nitrogen and oxygen atoms in total. The lowest BCUT2D eigenvalue weighted by atomic mass is 9.91. The number of nitrogens with zero attached hydrogens (tertiary/aromatic N) is 2. The van der Waals surface area contributed by atoms with Crippen molar-refractivity contribution in [2.24, 2.45) is 5.92 Å². The van der Waals surface area contributed by atoms with Gasteiger partial charge in [0.15, 0.2) is 0 Å². The van der Waals surface area contributed by atoms with Crippen LogP contribution >= 0.6 is 0 Å². The predicted molar refractivity (Wildman–Crippen MR) is 79.4 cm³/mol. The number of nitrogens with one attached hydrogen (secondary N) is 1. The average Bonchev–Trinajstić information content (AvgIpc) is 2.95. The Labute approximate surface area is 116 Å². The fourth-order valence-electron chi connectivity index (χ4n) is 3.75.